The first-order valence-electron chi connectivity index (χ1n) is 6.02. The average Bonchev–Trinajstić information content (AvgIpc) is 2.41. The van der Waals surface area contributed by atoms with Crippen LogP contribution in [-0.2, 0) is 9.31 Å². The van der Waals surface area contributed by atoms with Gasteiger partial charge in [-0.1, -0.05) is 6.07 Å². The van der Waals surface area contributed by atoms with Crippen LogP contribution in [0.4, 0.5) is 0 Å². The van der Waals surface area contributed by atoms with Gasteiger partial charge < -0.3 is 9.31 Å². The molecule has 1 fully saturated rings. The van der Waals surface area contributed by atoms with E-state index in [0.29, 0.717) is 0 Å². The average molecular weight is 233 g/mol. The van der Waals surface area contributed by atoms with E-state index in [4.69, 9.17) is 9.31 Å². The van der Waals surface area contributed by atoms with Crippen LogP contribution in [0.2, 0.25) is 0 Å². The monoisotopic (exact) mass is 233 g/mol. The standard InChI is InChI=1S/C13H20BNO2/c1-9-7-11(8-15-10(9)2)14-16-12(3,4)13(5,6)17-14/h7-8H,1-6H3. The van der Waals surface area contributed by atoms with E-state index in [0.717, 1.165) is 16.7 Å². The molecule has 1 aliphatic heterocycles. The van der Waals surface area contributed by atoms with E-state index in [1.165, 1.54) is 0 Å². The van der Waals surface area contributed by atoms with Gasteiger partial charge in [-0.15, -0.1) is 0 Å². The first-order valence-corrected chi connectivity index (χ1v) is 6.02. The quantitative estimate of drug-likeness (QED) is 0.695. The summed E-state index contributed by atoms with van der Waals surface area (Å²) < 4.78 is 12.0. The molecule has 0 saturated carbocycles. The second-order valence-corrected chi connectivity index (χ2v) is 5.76. The van der Waals surface area contributed by atoms with Crippen molar-refractivity contribution in [2.45, 2.75) is 52.7 Å². The summed E-state index contributed by atoms with van der Waals surface area (Å²) in [5, 5.41) is 0. The molecule has 92 valence electrons. The van der Waals surface area contributed by atoms with Crippen LogP contribution in [0.1, 0.15) is 39.0 Å². The van der Waals surface area contributed by atoms with Crippen LogP contribution in [0.3, 0.4) is 0 Å². The van der Waals surface area contributed by atoms with Crippen molar-refractivity contribution in [2.75, 3.05) is 0 Å². The molecular weight excluding hydrogens is 213 g/mol. The topological polar surface area (TPSA) is 31.4 Å². The van der Waals surface area contributed by atoms with Crippen molar-refractivity contribution < 1.29 is 9.31 Å². The largest absolute Gasteiger partial charge is 0.496 e. The third-order valence-electron chi connectivity index (χ3n) is 3.89. The van der Waals surface area contributed by atoms with Gasteiger partial charge in [0.2, 0.25) is 0 Å². The van der Waals surface area contributed by atoms with E-state index in [1.54, 1.807) is 0 Å². The van der Waals surface area contributed by atoms with Crippen molar-refractivity contribution >= 4 is 12.6 Å². The maximum Gasteiger partial charge on any atom is 0.496 e. The Morgan fingerprint density at radius 1 is 1.06 bits per heavy atom. The first kappa shape index (κ1) is 12.6. The highest BCUT2D eigenvalue weighted by molar-refractivity contribution is 6.62. The van der Waals surface area contributed by atoms with E-state index in [-0.39, 0.29) is 18.3 Å². The fourth-order valence-electron chi connectivity index (χ4n) is 1.77. The summed E-state index contributed by atoms with van der Waals surface area (Å²) in [5.41, 5.74) is 2.61. The molecule has 1 aromatic heterocycles. The van der Waals surface area contributed by atoms with Crippen LogP contribution in [0, 0.1) is 13.8 Å². The SMILES string of the molecule is Cc1cc(B2OC(C)(C)C(C)(C)O2)cnc1C. The Labute approximate surface area is 104 Å². The number of aromatic nitrogens is 1. The van der Waals surface area contributed by atoms with Gasteiger partial charge in [0.05, 0.1) is 11.2 Å². The van der Waals surface area contributed by atoms with E-state index in [9.17, 15) is 0 Å². The van der Waals surface area contributed by atoms with E-state index in [2.05, 4.69) is 45.7 Å². The Bertz CT molecular complexity index is 427. The highest BCUT2D eigenvalue weighted by Gasteiger charge is 2.51. The number of hydrogen-bond donors (Lipinski definition) is 0. The molecule has 0 radical (unpaired) electrons. The minimum atomic E-state index is -0.313. The van der Waals surface area contributed by atoms with Gasteiger partial charge in [0.15, 0.2) is 0 Å². The smallest absolute Gasteiger partial charge is 0.399 e. The van der Waals surface area contributed by atoms with Gasteiger partial charge in [0.25, 0.3) is 0 Å². The molecule has 0 aliphatic carbocycles. The highest BCUT2D eigenvalue weighted by atomic mass is 16.7. The molecule has 0 bridgehead atoms. The molecule has 0 unspecified atom stereocenters. The molecule has 2 heterocycles. The maximum absolute atomic E-state index is 5.98. The lowest BCUT2D eigenvalue weighted by Gasteiger charge is -2.32. The molecule has 1 aliphatic rings. The van der Waals surface area contributed by atoms with Crippen molar-refractivity contribution in [3.63, 3.8) is 0 Å². The maximum atomic E-state index is 5.98. The molecule has 0 aromatic carbocycles. The van der Waals surface area contributed by atoms with Crippen LogP contribution < -0.4 is 5.46 Å². The fraction of sp³-hybridized carbons (Fsp3) is 0.615. The molecule has 2 rings (SSSR count). The molecule has 1 aromatic rings. The Kier molecular flexibility index (Phi) is 2.83. The zero-order valence-corrected chi connectivity index (χ0v) is 11.5. The summed E-state index contributed by atoms with van der Waals surface area (Å²) in [4.78, 5) is 4.36. The number of nitrogens with zero attached hydrogens (tertiary/aromatic N) is 1. The second kappa shape index (κ2) is 3.82. The summed E-state index contributed by atoms with van der Waals surface area (Å²) in [6, 6.07) is 2.09. The Morgan fingerprint density at radius 2 is 1.59 bits per heavy atom. The predicted octanol–water partition coefficient (Wildman–Crippen LogP) is 2.00. The van der Waals surface area contributed by atoms with Crippen molar-refractivity contribution in [2.24, 2.45) is 0 Å². The molecule has 1 saturated heterocycles. The number of rotatable bonds is 1. The summed E-state index contributed by atoms with van der Waals surface area (Å²) in [7, 11) is -0.313. The third kappa shape index (κ3) is 2.12. The first-order chi connectivity index (χ1) is 7.73. The van der Waals surface area contributed by atoms with Crippen molar-refractivity contribution in [1.29, 1.82) is 0 Å². The van der Waals surface area contributed by atoms with Crippen LogP contribution >= 0.6 is 0 Å². The summed E-state index contributed by atoms with van der Waals surface area (Å²) in [6.07, 6.45) is 1.84. The molecule has 0 spiro atoms. The van der Waals surface area contributed by atoms with Crippen LogP contribution in [0.5, 0.6) is 0 Å². The molecule has 3 nitrogen and oxygen atoms in total. The lowest BCUT2D eigenvalue weighted by atomic mass is 9.79. The van der Waals surface area contributed by atoms with Crippen molar-refractivity contribution in [3.8, 4) is 0 Å². The Balaban J connectivity index is 2.29. The van der Waals surface area contributed by atoms with Gasteiger partial charge in [-0.2, -0.15) is 0 Å². The summed E-state index contributed by atoms with van der Waals surface area (Å²) >= 11 is 0. The van der Waals surface area contributed by atoms with Gasteiger partial charge in [0, 0.05) is 17.4 Å². The van der Waals surface area contributed by atoms with Crippen LogP contribution in [0.15, 0.2) is 12.3 Å². The van der Waals surface area contributed by atoms with Gasteiger partial charge in [-0.3, -0.25) is 4.98 Å². The van der Waals surface area contributed by atoms with Crippen molar-refractivity contribution in [1.82, 2.24) is 4.98 Å². The van der Waals surface area contributed by atoms with E-state index < -0.39 is 0 Å². The van der Waals surface area contributed by atoms with E-state index >= 15 is 0 Å². The number of aryl methyl sites for hydroxylation is 2. The van der Waals surface area contributed by atoms with Gasteiger partial charge in [0.1, 0.15) is 0 Å². The summed E-state index contributed by atoms with van der Waals surface area (Å²) in [6.45, 7) is 12.3. The number of hydrogen-bond acceptors (Lipinski definition) is 3. The fourth-order valence-corrected chi connectivity index (χ4v) is 1.77. The van der Waals surface area contributed by atoms with Gasteiger partial charge in [-0.05, 0) is 47.1 Å². The molecule has 0 atom stereocenters. The second-order valence-electron chi connectivity index (χ2n) is 5.76. The minimum Gasteiger partial charge on any atom is -0.399 e. The lowest BCUT2D eigenvalue weighted by molar-refractivity contribution is 0.00578. The normalized spacial score (nSPS) is 21.9. The zero-order chi connectivity index (χ0) is 12.8. The van der Waals surface area contributed by atoms with Gasteiger partial charge >= 0.3 is 7.12 Å². The zero-order valence-electron chi connectivity index (χ0n) is 11.5. The molecule has 4 heteroatoms. The Hall–Kier alpha value is -0.865. The lowest BCUT2D eigenvalue weighted by Crippen LogP contribution is -2.41. The van der Waals surface area contributed by atoms with Crippen molar-refractivity contribution in [3.05, 3.63) is 23.5 Å². The predicted molar refractivity (Wildman–Crippen MR) is 69.4 cm³/mol. The van der Waals surface area contributed by atoms with E-state index in [1.807, 2.05) is 13.1 Å². The highest BCUT2D eigenvalue weighted by Crippen LogP contribution is 2.36. The Morgan fingerprint density at radius 3 is 2.06 bits per heavy atom. The molecule has 0 amide bonds. The molecule has 0 N–H and O–H groups in total. The van der Waals surface area contributed by atoms with Crippen LogP contribution in [0.25, 0.3) is 0 Å². The molecule has 17 heavy (non-hydrogen) atoms. The third-order valence-corrected chi connectivity index (χ3v) is 3.89. The molecular formula is C13H20BNO2. The van der Waals surface area contributed by atoms with Crippen LogP contribution in [-0.4, -0.2) is 23.3 Å². The summed E-state index contributed by atoms with van der Waals surface area (Å²) in [5.74, 6) is 0. The number of pyridine rings is 1. The van der Waals surface area contributed by atoms with Gasteiger partial charge in [-0.25, -0.2) is 0 Å². The minimum absolute atomic E-state index is 0.295.